The zero-order valence-electron chi connectivity index (χ0n) is 13.1. The Labute approximate surface area is 138 Å². The molecule has 0 aliphatic heterocycles. The fourth-order valence-electron chi connectivity index (χ4n) is 2.60. The van der Waals surface area contributed by atoms with Crippen molar-refractivity contribution in [1.82, 2.24) is 0 Å². The van der Waals surface area contributed by atoms with Gasteiger partial charge >= 0.3 is 5.97 Å². The number of carbonyl (C=O) groups is 2. The number of nitrogens with two attached hydrogens (primary N) is 1. The third kappa shape index (κ3) is 3.71. The number of hydrogen-bond acceptors (Lipinski definition) is 6. The average molecular weight is 333 g/mol. The maximum absolute atomic E-state index is 11.8. The summed E-state index contributed by atoms with van der Waals surface area (Å²) in [5, 5.41) is 12.5. The van der Waals surface area contributed by atoms with E-state index in [1.807, 2.05) is 0 Å². The highest BCUT2D eigenvalue weighted by molar-refractivity contribution is 7.16. The fourth-order valence-corrected chi connectivity index (χ4v) is 3.98. The first-order valence-electron chi connectivity index (χ1n) is 7.46. The van der Waals surface area contributed by atoms with E-state index in [1.165, 1.54) is 17.5 Å². The summed E-state index contributed by atoms with van der Waals surface area (Å²) >= 11 is 1.45. The molecule has 1 aliphatic carbocycles. The Kier molecular flexibility index (Phi) is 5.40. The molecule has 0 saturated carbocycles. The topological polar surface area (TPSA) is 105 Å². The molecule has 1 atom stereocenters. The second-order valence-electron chi connectivity index (χ2n) is 5.45. The molecule has 2 rings (SSSR count). The molecule has 1 aliphatic rings. The molecule has 0 aromatic carbocycles. The Morgan fingerprint density at radius 1 is 1.57 bits per heavy atom. The van der Waals surface area contributed by atoms with Crippen molar-refractivity contribution in [2.75, 3.05) is 11.9 Å². The van der Waals surface area contributed by atoms with E-state index in [2.05, 4.69) is 12.2 Å². The van der Waals surface area contributed by atoms with E-state index < -0.39 is 11.9 Å². The number of nitriles is 1. The minimum atomic E-state index is -0.696. The third-order valence-electron chi connectivity index (χ3n) is 3.72. The van der Waals surface area contributed by atoms with Crippen LogP contribution in [0.2, 0.25) is 0 Å². The Morgan fingerprint density at radius 3 is 2.91 bits per heavy atom. The molecule has 0 radical (unpaired) electrons. The summed E-state index contributed by atoms with van der Waals surface area (Å²) in [4.78, 5) is 24.6. The number of hydrogen-bond donors (Lipinski definition) is 2. The van der Waals surface area contributed by atoms with Crippen LogP contribution in [0.25, 0.3) is 0 Å². The van der Waals surface area contributed by atoms with E-state index in [9.17, 15) is 9.59 Å². The normalized spacial score (nSPS) is 17.1. The van der Waals surface area contributed by atoms with Gasteiger partial charge in [-0.2, -0.15) is 5.26 Å². The average Bonchev–Trinajstić information content (AvgIpc) is 2.85. The summed E-state index contributed by atoms with van der Waals surface area (Å²) in [5.74, 6) is -0.625. The predicted octanol–water partition coefficient (Wildman–Crippen LogP) is 2.35. The van der Waals surface area contributed by atoms with E-state index in [0.29, 0.717) is 16.5 Å². The van der Waals surface area contributed by atoms with Gasteiger partial charge in [-0.3, -0.25) is 4.79 Å². The van der Waals surface area contributed by atoms with Crippen molar-refractivity contribution >= 4 is 28.2 Å². The van der Waals surface area contributed by atoms with Gasteiger partial charge in [0.2, 0.25) is 0 Å². The highest BCUT2D eigenvalue weighted by Gasteiger charge is 2.26. The van der Waals surface area contributed by atoms with Gasteiger partial charge in [0.25, 0.3) is 5.91 Å². The van der Waals surface area contributed by atoms with Crippen LogP contribution in [0.15, 0.2) is 11.8 Å². The Bertz CT molecular complexity index is 700. The number of esters is 1. The number of nitrogens with zero attached hydrogens (tertiary/aromatic N) is 1. The van der Waals surface area contributed by atoms with Crippen molar-refractivity contribution in [3.05, 3.63) is 27.8 Å². The van der Waals surface area contributed by atoms with Crippen LogP contribution in [0.3, 0.4) is 0 Å². The second-order valence-corrected chi connectivity index (χ2v) is 6.56. The number of fused-ring (bicyclic) bond motifs is 1. The van der Waals surface area contributed by atoms with Crippen molar-refractivity contribution in [2.45, 2.75) is 33.1 Å². The standard InChI is InChI=1S/C16H19N3O3S/c1-3-22-16(21)10(7-17)8-19-15-13(14(18)20)11-5-4-9(2)6-12(11)23-15/h8-9,19H,3-6H2,1-2H3,(H2,18,20)/b10-8+/t9-/m1/s1. The summed E-state index contributed by atoms with van der Waals surface area (Å²) in [6, 6.07) is 1.79. The lowest BCUT2D eigenvalue weighted by molar-refractivity contribution is -0.138. The van der Waals surface area contributed by atoms with Crippen molar-refractivity contribution in [1.29, 1.82) is 5.26 Å². The first-order chi connectivity index (χ1) is 11.0. The van der Waals surface area contributed by atoms with Gasteiger partial charge < -0.3 is 15.8 Å². The predicted molar refractivity (Wildman–Crippen MR) is 88.0 cm³/mol. The van der Waals surface area contributed by atoms with E-state index >= 15 is 0 Å². The van der Waals surface area contributed by atoms with Crippen molar-refractivity contribution < 1.29 is 14.3 Å². The monoisotopic (exact) mass is 333 g/mol. The molecule has 0 unspecified atom stereocenters. The highest BCUT2D eigenvalue weighted by atomic mass is 32.1. The molecule has 23 heavy (non-hydrogen) atoms. The number of anilines is 1. The number of rotatable bonds is 5. The molecule has 6 nitrogen and oxygen atoms in total. The molecule has 7 heteroatoms. The Hall–Kier alpha value is -2.33. The molecule has 1 heterocycles. The molecule has 0 spiro atoms. The van der Waals surface area contributed by atoms with E-state index in [-0.39, 0.29) is 12.2 Å². The molecular weight excluding hydrogens is 314 g/mol. The number of primary amides is 1. The van der Waals surface area contributed by atoms with Gasteiger partial charge in [-0.25, -0.2) is 4.79 Å². The quantitative estimate of drug-likeness (QED) is 0.489. The summed E-state index contributed by atoms with van der Waals surface area (Å²) in [6.45, 7) is 4.03. The number of nitrogens with one attached hydrogen (secondary N) is 1. The third-order valence-corrected chi connectivity index (χ3v) is 4.91. The van der Waals surface area contributed by atoms with Crippen LogP contribution in [0, 0.1) is 17.2 Å². The van der Waals surface area contributed by atoms with Crippen LogP contribution in [0.5, 0.6) is 0 Å². The first-order valence-corrected chi connectivity index (χ1v) is 8.27. The first kappa shape index (κ1) is 17.0. The highest BCUT2D eigenvalue weighted by Crippen LogP contribution is 2.39. The number of carbonyl (C=O) groups excluding carboxylic acids is 2. The summed E-state index contributed by atoms with van der Waals surface area (Å²) in [6.07, 6.45) is 4.02. The maximum Gasteiger partial charge on any atom is 0.350 e. The largest absolute Gasteiger partial charge is 0.462 e. The van der Waals surface area contributed by atoms with Crippen LogP contribution in [0.4, 0.5) is 5.00 Å². The molecule has 3 N–H and O–H groups in total. The van der Waals surface area contributed by atoms with Crippen molar-refractivity contribution in [3.8, 4) is 6.07 Å². The molecule has 1 aromatic heterocycles. The van der Waals surface area contributed by atoms with Crippen LogP contribution < -0.4 is 11.1 Å². The van der Waals surface area contributed by atoms with E-state index in [1.54, 1.807) is 13.0 Å². The van der Waals surface area contributed by atoms with Crippen LogP contribution in [-0.4, -0.2) is 18.5 Å². The van der Waals surface area contributed by atoms with Gasteiger partial charge in [-0.15, -0.1) is 11.3 Å². The lowest BCUT2D eigenvalue weighted by Gasteiger charge is -2.18. The zero-order chi connectivity index (χ0) is 17.0. The van der Waals surface area contributed by atoms with Crippen LogP contribution >= 0.6 is 11.3 Å². The van der Waals surface area contributed by atoms with Gasteiger partial charge in [0, 0.05) is 11.1 Å². The number of thiophene rings is 1. The molecule has 0 fully saturated rings. The number of amides is 1. The summed E-state index contributed by atoms with van der Waals surface area (Å²) in [7, 11) is 0. The zero-order valence-corrected chi connectivity index (χ0v) is 14.0. The summed E-state index contributed by atoms with van der Waals surface area (Å²) in [5.41, 5.74) is 6.82. The van der Waals surface area contributed by atoms with Gasteiger partial charge in [0.05, 0.1) is 12.2 Å². The molecule has 1 aromatic rings. The lowest BCUT2D eigenvalue weighted by Crippen LogP contribution is -2.17. The van der Waals surface area contributed by atoms with Gasteiger partial charge in [-0.1, -0.05) is 6.92 Å². The fraction of sp³-hybridized carbons (Fsp3) is 0.438. The SMILES string of the molecule is CCOC(=O)/C(C#N)=C/Nc1sc2c(c1C(N)=O)CC[C@@H](C)C2. The van der Waals surface area contributed by atoms with Gasteiger partial charge in [0.1, 0.15) is 11.1 Å². The Morgan fingerprint density at radius 2 is 2.30 bits per heavy atom. The van der Waals surface area contributed by atoms with Crippen molar-refractivity contribution in [2.24, 2.45) is 11.7 Å². The Balaban J connectivity index is 2.31. The molecule has 0 bridgehead atoms. The lowest BCUT2D eigenvalue weighted by atomic mass is 9.88. The van der Waals surface area contributed by atoms with Crippen LogP contribution in [-0.2, 0) is 22.4 Å². The van der Waals surface area contributed by atoms with Crippen LogP contribution in [0.1, 0.15) is 41.1 Å². The molecule has 1 amide bonds. The minimum absolute atomic E-state index is 0.151. The summed E-state index contributed by atoms with van der Waals surface area (Å²) < 4.78 is 4.80. The van der Waals surface area contributed by atoms with Gasteiger partial charge in [0.15, 0.2) is 5.57 Å². The molecule has 122 valence electrons. The molecule has 0 saturated heterocycles. The number of ether oxygens (including phenoxy) is 1. The van der Waals surface area contributed by atoms with Gasteiger partial charge in [-0.05, 0) is 37.7 Å². The smallest absolute Gasteiger partial charge is 0.350 e. The van der Waals surface area contributed by atoms with E-state index in [4.69, 9.17) is 15.7 Å². The maximum atomic E-state index is 11.8. The van der Waals surface area contributed by atoms with E-state index in [0.717, 1.165) is 29.7 Å². The van der Waals surface area contributed by atoms with Crippen molar-refractivity contribution in [3.63, 3.8) is 0 Å². The molecular formula is C16H19N3O3S. The minimum Gasteiger partial charge on any atom is -0.462 e. The second kappa shape index (κ2) is 7.29.